The van der Waals surface area contributed by atoms with Gasteiger partial charge in [0.05, 0.1) is 17.0 Å². The number of rotatable bonds is 5. The number of nitrogens with two attached hydrogens (primary N) is 1. The molecule has 0 radical (unpaired) electrons. The number of fused-ring (bicyclic) bond motifs is 2. The van der Waals surface area contributed by atoms with Gasteiger partial charge in [0.2, 0.25) is 5.76 Å². The van der Waals surface area contributed by atoms with Crippen LogP contribution in [0, 0.1) is 27.7 Å². The second-order valence-corrected chi connectivity index (χ2v) is 9.28. The zero-order valence-electron chi connectivity index (χ0n) is 20.5. The van der Waals surface area contributed by atoms with E-state index in [0.29, 0.717) is 33.5 Å². The molecule has 3 aromatic carbocycles. The highest BCUT2D eigenvalue weighted by atomic mass is 16.5. The van der Waals surface area contributed by atoms with Crippen LogP contribution in [0.25, 0.3) is 11.0 Å². The number of hydrogen-bond acceptors (Lipinski definition) is 5. The predicted octanol–water partition coefficient (Wildman–Crippen LogP) is 4.64. The normalized spacial score (nSPS) is 14.8. The molecule has 182 valence electrons. The lowest BCUT2D eigenvalue weighted by atomic mass is 9.97. The molecular formula is C29H26N2O5. The largest absolute Gasteiger partial charge is 0.484 e. The number of anilines is 1. The first kappa shape index (κ1) is 23.4. The third kappa shape index (κ3) is 3.82. The van der Waals surface area contributed by atoms with Crippen molar-refractivity contribution in [3.8, 4) is 5.75 Å². The fraction of sp³-hybridized carbons (Fsp3) is 0.207. The molecule has 0 spiro atoms. The molecule has 0 fully saturated rings. The van der Waals surface area contributed by atoms with Crippen molar-refractivity contribution in [2.24, 2.45) is 5.73 Å². The number of primary amides is 1. The van der Waals surface area contributed by atoms with E-state index in [4.69, 9.17) is 14.9 Å². The lowest BCUT2D eigenvalue weighted by Gasteiger charge is -2.26. The van der Waals surface area contributed by atoms with Gasteiger partial charge in [0.15, 0.2) is 12.0 Å². The standard InChI is InChI=1S/C29H26N2O5/c1-15-5-8-20(11-16(15)2)31-26(19-6-9-21(10-7-19)35-14-24(30)32)25-27(33)22-12-17(3)18(4)13-23(22)36-28(25)29(31)34/h5-13,26H,14H2,1-4H3,(H2,30,32). The Morgan fingerprint density at radius 1 is 0.917 bits per heavy atom. The van der Waals surface area contributed by atoms with Crippen molar-refractivity contribution in [3.63, 3.8) is 0 Å². The van der Waals surface area contributed by atoms with E-state index in [2.05, 4.69) is 0 Å². The molecule has 1 atom stereocenters. The lowest BCUT2D eigenvalue weighted by molar-refractivity contribution is -0.119. The topological polar surface area (TPSA) is 103 Å². The monoisotopic (exact) mass is 482 g/mol. The summed E-state index contributed by atoms with van der Waals surface area (Å²) in [5, 5.41) is 0.443. The van der Waals surface area contributed by atoms with Gasteiger partial charge < -0.3 is 14.9 Å². The Labute approximate surface area is 208 Å². The Morgan fingerprint density at radius 2 is 1.58 bits per heavy atom. The zero-order valence-corrected chi connectivity index (χ0v) is 20.5. The maximum absolute atomic E-state index is 13.8. The quantitative estimate of drug-likeness (QED) is 0.446. The summed E-state index contributed by atoms with van der Waals surface area (Å²) >= 11 is 0. The van der Waals surface area contributed by atoms with Gasteiger partial charge in [-0.3, -0.25) is 19.3 Å². The highest BCUT2D eigenvalue weighted by molar-refractivity contribution is 6.10. The summed E-state index contributed by atoms with van der Waals surface area (Å²) in [5.41, 5.74) is 11.1. The zero-order chi connectivity index (χ0) is 25.7. The van der Waals surface area contributed by atoms with Crippen molar-refractivity contribution in [1.82, 2.24) is 0 Å². The Kier molecular flexibility index (Phi) is 5.63. The van der Waals surface area contributed by atoms with Crippen LogP contribution in [0.1, 0.15) is 50.0 Å². The van der Waals surface area contributed by atoms with E-state index in [1.165, 1.54) is 0 Å². The molecule has 36 heavy (non-hydrogen) atoms. The highest BCUT2D eigenvalue weighted by Gasteiger charge is 2.43. The summed E-state index contributed by atoms with van der Waals surface area (Å²) in [4.78, 5) is 40.3. The number of amides is 2. The van der Waals surface area contributed by atoms with Gasteiger partial charge in [0.25, 0.3) is 11.8 Å². The average Bonchev–Trinajstić information content (AvgIpc) is 3.13. The molecule has 7 heteroatoms. The van der Waals surface area contributed by atoms with E-state index in [0.717, 1.165) is 22.3 Å². The van der Waals surface area contributed by atoms with Crippen LogP contribution >= 0.6 is 0 Å². The number of carbonyl (C=O) groups excluding carboxylic acids is 2. The van der Waals surface area contributed by atoms with Crippen LogP contribution in [-0.2, 0) is 4.79 Å². The summed E-state index contributed by atoms with van der Waals surface area (Å²) in [5.74, 6) is -0.445. The van der Waals surface area contributed by atoms with Crippen LogP contribution in [0.4, 0.5) is 5.69 Å². The first-order valence-electron chi connectivity index (χ1n) is 11.7. The molecule has 2 N–H and O–H groups in total. The van der Waals surface area contributed by atoms with E-state index in [9.17, 15) is 14.4 Å². The van der Waals surface area contributed by atoms with Crippen LogP contribution < -0.4 is 20.8 Å². The van der Waals surface area contributed by atoms with Gasteiger partial charge in [-0.1, -0.05) is 18.2 Å². The summed E-state index contributed by atoms with van der Waals surface area (Å²) < 4.78 is 11.5. The maximum Gasteiger partial charge on any atom is 0.295 e. The van der Waals surface area contributed by atoms with Crippen molar-refractivity contribution in [1.29, 1.82) is 0 Å². The molecule has 0 aliphatic carbocycles. The number of nitrogens with zero attached hydrogens (tertiary/aromatic N) is 1. The Balaban J connectivity index is 1.72. The van der Waals surface area contributed by atoms with Crippen LogP contribution in [0.2, 0.25) is 0 Å². The van der Waals surface area contributed by atoms with Crippen molar-refractivity contribution < 1.29 is 18.7 Å². The average molecular weight is 483 g/mol. The third-order valence-corrected chi connectivity index (χ3v) is 6.83. The molecule has 1 aliphatic heterocycles. The fourth-order valence-corrected chi connectivity index (χ4v) is 4.59. The van der Waals surface area contributed by atoms with Crippen molar-refractivity contribution in [2.75, 3.05) is 11.5 Å². The molecule has 1 unspecified atom stereocenters. The van der Waals surface area contributed by atoms with Crippen LogP contribution in [0.3, 0.4) is 0 Å². The number of hydrogen-bond donors (Lipinski definition) is 1. The molecule has 5 rings (SSSR count). The molecular weight excluding hydrogens is 456 g/mol. The number of aryl methyl sites for hydroxylation is 4. The molecule has 2 heterocycles. The Bertz CT molecular complexity index is 1600. The minimum Gasteiger partial charge on any atom is -0.484 e. The van der Waals surface area contributed by atoms with Crippen molar-refractivity contribution in [3.05, 3.63) is 104 Å². The van der Waals surface area contributed by atoms with Gasteiger partial charge in [-0.05, 0) is 91.9 Å². The van der Waals surface area contributed by atoms with Gasteiger partial charge in [0.1, 0.15) is 11.3 Å². The molecule has 0 saturated heterocycles. The molecule has 0 bridgehead atoms. The maximum atomic E-state index is 13.8. The second-order valence-electron chi connectivity index (χ2n) is 9.28. The second kappa shape index (κ2) is 8.68. The molecule has 1 aromatic heterocycles. The number of benzene rings is 3. The molecule has 0 saturated carbocycles. The third-order valence-electron chi connectivity index (χ3n) is 6.83. The number of ether oxygens (including phenoxy) is 1. The first-order valence-corrected chi connectivity index (χ1v) is 11.7. The Morgan fingerprint density at radius 3 is 2.25 bits per heavy atom. The van der Waals surface area contributed by atoms with E-state index in [1.807, 2.05) is 52.0 Å². The van der Waals surface area contributed by atoms with E-state index in [-0.39, 0.29) is 23.7 Å². The van der Waals surface area contributed by atoms with Crippen molar-refractivity contribution >= 4 is 28.5 Å². The van der Waals surface area contributed by atoms with Gasteiger partial charge in [-0.25, -0.2) is 0 Å². The molecule has 4 aromatic rings. The van der Waals surface area contributed by atoms with Gasteiger partial charge in [-0.15, -0.1) is 0 Å². The minimum atomic E-state index is -0.693. The van der Waals surface area contributed by atoms with Gasteiger partial charge in [0, 0.05) is 5.69 Å². The van der Waals surface area contributed by atoms with Gasteiger partial charge in [-0.2, -0.15) is 0 Å². The van der Waals surface area contributed by atoms with Crippen molar-refractivity contribution in [2.45, 2.75) is 33.7 Å². The van der Waals surface area contributed by atoms with E-state index >= 15 is 0 Å². The Hall–Kier alpha value is -4.39. The summed E-state index contributed by atoms with van der Waals surface area (Å²) in [6.07, 6.45) is 0. The first-order chi connectivity index (χ1) is 17.2. The molecule has 7 nitrogen and oxygen atoms in total. The van der Waals surface area contributed by atoms with Crippen LogP contribution in [0.5, 0.6) is 5.75 Å². The SMILES string of the molecule is Cc1ccc(N2C(=O)c3oc4cc(C)c(C)cc4c(=O)c3C2c2ccc(OCC(N)=O)cc2)cc1C. The lowest BCUT2D eigenvalue weighted by Crippen LogP contribution is -2.29. The summed E-state index contributed by atoms with van der Waals surface area (Å²) in [6.45, 7) is 7.62. The van der Waals surface area contributed by atoms with E-state index < -0.39 is 11.9 Å². The fourth-order valence-electron chi connectivity index (χ4n) is 4.59. The predicted molar refractivity (Wildman–Crippen MR) is 138 cm³/mol. The minimum absolute atomic E-state index is 0.0491. The summed E-state index contributed by atoms with van der Waals surface area (Å²) in [6, 6.07) is 15.6. The van der Waals surface area contributed by atoms with E-state index in [1.54, 1.807) is 35.2 Å². The molecule has 1 aliphatic rings. The summed E-state index contributed by atoms with van der Waals surface area (Å²) in [7, 11) is 0. The van der Waals surface area contributed by atoms with Crippen LogP contribution in [-0.4, -0.2) is 18.4 Å². The molecule has 2 amide bonds. The highest BCUT2D eigenvalue weighted by Crippen LogP contribution is 2.42. The smallest absolute Gasteiger partial charge is 0.295 e. The number of carbonyl (C=O) groups is 2. The van der Waals surface area contributed by atoms with Crippen LogP contribution in [0.15, 0.2) is 63.8 Å². The van der Waals surface area contributed by atoms with Gasteiger partial charge >= 0.3 is 0 Å².